The number of para-hydroxylation sites is 1. The standard InChI is InChI=1S/C19H19NO/c1-2-6-14(7-3-1)19(15-10-11-15)20-12-16-13-21-18-9-5-4-8-17(16)18/h1-9,13,15,19-20H,10-12H2. The Labute approximate surface area is 124 Å². The van der Waals surface area contributed by atoms with Crippen LogP contribution in [0.25, 0.3) is 11.0 Å². The number of fused-ring (bicyclic) bond motifs is 1. The summed E-state index contributed by atoms with van der Waals surface area (Å²) in [5.41, 5.74) is 3.61. The molecule has 21 heavy (non-hydrogen) atoms. The molecule has 0 bridgehead atoms. The minimum absolute atomic E-state index is 0.458. The van der Waals surface area contributed by atoms with Crippen LogP contribution < -0.4 is 5.32 Å². The Morgan fingerprint density at radius 1 is 1.00 bits per heavy atom. The molecule has 1 fully saturated rings. The van der Waals surface area contributed by atoms with Gasteiger partial charge >= 0.3 is 0 Å². The lowest BCUT2D eigenvalue weighted by Gasteiger charge is -2.18. The van der Waals surface area contributed by atoms with E-state index in [1.165, 1.54) is 29.4 Å². The van der Waals surface area contributed by atoms with E-state index in [2.05, 4.69) is 47.8 Å². The van der Waals surface area contributed by atoms with Crippen molar-refractivity contribution in [3.63, 3.8) is 0 Å². The van der Waals surface area contributed by atoms with E-state index in [-0.39, 0.29) is 0 Å². The minimum atomic E-state index is 0.458. The van der Waals surface area contributed by atoms with Crippen LogP contribution in [0.2, 0.25) is 0 Å². The summed E-state index contributed by atoms with van der Waals surface area (Å²) in [6.45, 7) is 0.854. The van der Waals surface area contributed by atoms with E-state index in [0.717, 1.165) is 18.0 Å². The van der Waals surface area contributed by atoms with Gasteiger partial charge in [-0.05, 0) is 30.4 Å². The lowest BCUT2D eigenvalue weighted by atomic mass is 10.0. The van der Waals surface area contributed by atoms with Crippen molar-refractivity contribution < 1.29 is 4.42 Å². The fraction of sp³-hybridized carbons (Fsp3) is 0.263. The van der Waals surface area contributed by atoms with Crippen LogP contribution in [0.15, 0.2) is 65.3 Å². The zero-order chi connectivity index (χ0) is 14.1. The first-order valence-corrected chi connectivity index (χ1v) is 7.65. The van der Waals surface area contributed by atoms with Crippen molar-refractivity contribution in [1.29, 1.82) is 0 Å². The van der Waals surface area contributed by atoms with Gasteiger partial charge in [0.25, 0.3) is 0 Å². The highest BCUT2D eigenvalue weighted by molar-refractivity contribution is 5.80. The molecule has 0 radical (unpaired) electrons. The molecule has 4 rings (SSSR count). The summed E-state index contributed by atoms with van der Waals surface area (Å²) in [7, 11) is 0. The van der Waals surface area contributed by atoms with Crippen molar-refractivity contribution in [3.05, 3.63) is 72.0 Å². The maximum Gasteiger partial charge on any atom is 0.134 e. The molecule has 2 aromatic carbocycles. The van der Waals surface area contributed by atoms with Gasteiger partial charge in [0.1, 0.15) is 5.58 Å². The first-order valence-electron chi connectivity index (χ1n) is 7.65. The van der Waals surface area contributed by atoms with Gasteiger partial charge in [-0.1, -0.05) is 48.5 Å². The van der Waals surface area contributed by atoms with Crippen molar-refractivity contribution >= 4 is 11.0 Å². The first kappa shape index (κ1) is 12.7. The predicted octanol–water partition coefficient (Wildman–Crippen LogP) is 4.67. The molecule has 0 spiro atoms. The van der Waals surface area contributed by atoms with E-state index < -0.39 is 0 Å². The normalized spacial score (nSPS) is 16.2. The monoisotopic (exact) mass is 277 g/mol. The second-order valence-corrected chi connectivity index (χ2v) is 5.86. The fourth-order valence-corrected chi connectivity index (χ4v) is 3.04. The number of nitrogens with one attached hydrogen (secondary N) is 1. The smallest absolute Gasteiger partial charge is 0.134 e. The van der Waals surface area contributed by atoms with Crippen LogP contribution in [0, 0.1) is 5.92 Å². The number of hydrogen-bond donors (Lipinski definition) is 1. The van der Waals surface area contributed by atoms with Crippen LogP contribution in [0.3, 0.4) is 0 Å². The van der Waals surface area contributed by atoms with E-state index in [9.17, 15) is 0 Å². The summed E-state index contributed by atoms with van der Waals surface area (Å²) in [5.74, 6) is 0.783. The zero-order valence-corrected chi connectivity index (χ0v) is 12.0. The second-order valence-electron chi connectivity index (χ2n) is 5.86. The summed E-state index contributed by atoms with van der Waals surface area (Å²) in [5, 5.41) is 4.95. The largest absolute Gasteiger partial charge is 0.464 e. The van der Waals surface area contributed by atoms with Crippen molar-refractivity contribution in [1.82, 2.24) is 5.32 Å². The molecule has 1 heterocycles. The number of rotatable bonds is 5. The highest BCUT2D eigenvalue weighted by Gasteiger charge is 2.31. The Morgan fingerprint density at radius 2 is 1.76 bits per heavy atom. The van der Waals surface area contributed by atoms with Crippen molar-refractivity contribution in [2.24, 2.45) is 5.92 Å². The molecule has 0 aliphatic heterocycles. The SMILES string of the molecule is c1ccc(C(NCc2coc3ccccc23)C2CC2)cc1. The maximum absolute atomic E-state index is 5.62. The van der Waals surface area contributed by atoms with Gasteiger partial charge in [-0.3, -0.25) is 0 Å². The van der Waals surface area contributed by atoms with E-state index in [1.54, 1.807) is 0 Å². The van der Waals surface area contributed by atoms with Gasteiger partial charge in [0.2, 0.25) is 0 Å². The van der Waals surface area contributed by atoms with Crippen LogP contribution in [0.5, 0.6) is 0 Å². The van der Waals surface area contributed by atoms with Crippen molar-refractivity contribution in [2.75, 3.05) is 0 Å². The van der Waals surface area contributed by atoms with Gasteiger partial charge < -0.3 is 9.73 Å². The zero-order valence-electron chi connectivity index (χ0n) is 12.0. The van der Waals surface area contributed by atoms with E-state index in [1.807, 2.05) is 18.4 Å². The average molecular weight is 277 g/mol. The lowest BCUT2D eigenvalue weighted by Crippen LogP contribution is -2.22. The highest BCUT2D eigenvalue weighted by atomic mass is 16.3. The van der Waals surface area contributed by atoms with E-state index in [4.69, 9.17) is 4.42 Å². The molecule has 2 nitrogen and oxygen atoms in total. The molecule has 3 aromatic rings. The number of hydrogen-bond acceptors (Lipinski definition) is 2. The summed E-state index contributed by atoms with van der Waals surface area (Å²) in [6, 6.07) is 19.5. The van der Waals surface area contributed by atoms with Gasteiger partial charge in [-0.2, -0.15) is 0 Å². The Balaban J connectivity index is 1.54. The molecular weight excluding hydrogens is 258 g/mol. The molecule has 1 atom stereocenters. The minimum Gasteiger partial charge on any atom is -0.464 e. The molecule has 1 aliphatic rings. The molecule has 1 aliphatic carbocycles. The topological polar surface area (TPSA) is 25.2 Å². The van der Waals surface area contributed by atoms with Crippen LogP contribution in [0.1, 0.15) is 30.0 Å². The fourth-order valence-electron chi connectivity index (χ4n) is 3.04. The average Bonchev–Trinajstić information content (AvgIpc) is 3.29. The van der Waals surface area contributed by atoms with Gasteiger partial charge in [-0.15, -0.1) is 0 Å². The molecule has 106 valence electrons. The molecule has 0 saturated heterocycles. The predicted molar refractivity (Wildman–Crippen MR) is 85.0 cm³/mol. The Kier molecular flexibility index (Phi) is 3.24. The van der Waals surface area contributed by atoms with Gasteiger partial charge in [-0.25, -0.2) is 0 Å². The highest BCUT2D eigenvalue weighted by Crippen LogP contribution is 2.41. The van der Waals surface area contributed by atoms with Crippen molar-refractivity contribution in [2.45, 2.75) is 25.4 Å². The summed E-state index contributed by atoms with van der Waals surface area (Å²) in [4.78, 5) is 0. The first-order chi connectivity index (χ1) is 10.4. The molecule has 2 heteroatoms. The van der Waals surface area contributed by atoms with Crippen LogP contribution in [-0.4, -0.2) is 0 Å². The summed E-state index contributed by atoms with van der Waals surface area (Å²) in [6.07, 6.45) is 4.55. The van der Waals surface area contributed by atoms with E-state index >= 15 is 0 Å². The molecule has 1 saturated carbocycles. The maximum atomic E-state index is 5.62. The molecule has 0 amide bonds. The summed E-state index contributed by atoms with van der Waals surface area (Å²) >= 11 is 0. The Hall–Kier alpha value is -2.06. The van der Waals surface area contributed by atoms with Gasteiger partial charge in [0.05, 0.1) is 6.26 Å². The molecule has 1 aromatic heterocycles. The lowest BCUT2D eigenvalue weighted by molar-refractivity contribution is 0.478. The molecular formula is C19H19NO. The van der Waals surface area contributed by atoms with E-state index in [0.29, 0.717) is 6.04 Å². The third-order valence-corrected chi connectivity index (χ3v) is 4.33. The second kappa shape index (κ2) is 5.38. The third-order valence-electron chi connectivity index (χ3n) is 4.33. The van der Waals surface area contributed by atoms with Gasteiger partial charge in [0, 0.05) is 23.5 Å². The molecule has 1 unspecified atom stereocenters. The molecule has 1 N–H and O–H groups in total. The van der Waals surface area contributed by atoms with Gasteiger partial charge in [0.15, 0.2) is 0 Å². The number of furan rings is 1. The summed E-state index contributed by atoms with van der Waals surface area (Å²) < 4.78 is 5.62. The number of benzene rings is 2. The van der Waals surface area contributed by atoms with Crippen molar-refractivity contribution in [3.8, 4) is 0 Å². The van der Waals surface area contributed by atoms with Crippen LogP contribution in [-0.2, 0) is 6.54 Å². The third kappa shape index (κ3) is 2.59. The Morgan fingerprint density at radius 3 is 2.57 bits per heavy atom. The van der Waals surface area contributed by atoms with Crippen LogP contribution in [0.4, 0.5) is 0 Å². The quantitative estimate of drug-likeness (QED) is 0.733. The Bertz CT molecular complexity index is 727. The van der Waals surface area contributed by atoms with Crippen LogP contribution >= 0.6 is 0 Å².